The largest absolute Gasteiger partial charge is 0.322 e. The lowest BCUT2D eigenvalue weighted by Crippen LogP contribution is -2.54. The van der Waals surface area contributed by atoms with Crippen LogP contribution in [-0.4, -0.2) is 35.8 Å². The normalized spacial score (nSPS) is 17.2. The number of nitrogens with zero attached hydrogens (tertiary/aromatic N) is 3. The first-order chi connectivity index (χ1) is 10.1. The van der Waals surface area contributed by atoms with Crippen LogP contribution in [0.2, 0.25) is 5.02 Å². The van der Waals surface area contributed by atoms with Crippen molar-refractivity contribution in [3.05, 3.63) is 39.4 Å². The first kappa shape index (κ1) is 14.3. The van der Waals surface area contributed by atoms with Crippen molar-refractivity contribution < 1.29 is 0 Å². The van der Waals surface area contributed by atoms with Gasteiger partial charge in [0.25, 0.3) is 5.56 Å². The molecule has 1 aliphatic rings. The van der Waals surface area contributed by atoms with E-state index in [9.17, 15) is 4.79 Å². The lowest BCUT2D eigenvalue weighted by Gasteiger charge is -2.32. The van der Waals surface area contributed by atoms with Crippen LogP contribution in [0.4, 0.5) is 0 Å². The standard InChI is InChI=1S/C14H18ClN5O/c1-9(16)13-18-11-4-2-3-10(15)12(11)14(21)20(13)19-7-5-17-6-8-19/h2-4,9,17H,5-8,16H2,1H3. The molecule has 1 fully saturated rings. The molecule has 1 atom stereocenters. The quantitative estimate of drug-likeness (QED) is 0.850. The Bertz CT molecular complexity index is 721. The van der Waals surface area contributed by atoms with Crippen LogP contribution in [-0.2, 0) is 0 Å². The zero-order valence-corrected chi connectivity index (χ0v) is 12.6. The SMILES string of the molecule is CC(N)c1nc2cccc(Cl)c2c(=O)n1N1CCNCC1. The Kier molecular flexibility index (Phi) is 3.84. The molecule has 3 rings (SSSR count). The van der Waals surface area contributed by atoms with Crippen molar-refractivity contribution >= 4 is 22.5 Å². The smallest absolute Gasteiger partial charge is 0.281 e. The van der Waals surface area contributed by atoms with E-state index in [-0.39, 0.29) is 11.6 Å². The lowest BCUT2D eigenvalue weighted by atomic mass is 10.2. The summed E-state index contributed by atoms with van der Waals surface area (Å²) in [5.41, 5.74) is 6.46. The maximum atomic E-state index is 12.9. The molecule has 0 bridgehead atoms. The number of halogens is 1. The minimum Gasteiger partial charge on any atom is -0.322 e. The zero-order chi connectivity index (χ0) is 15.0. The molecule has 2 aromatic rings. The third-order valence-corrected chi connectivity index (χ3v) is 3.95. The van der Waals surface area contributed by atoms with Crippen molar-refractivity contribution in [1.82, 2.24) is 15.0 Å². The fourth-order valence-corrected chi connectivity index (χ4v) is 2.87. The van der Waals surface area contributed by atoms with Gasteiger partial charge in [0.15, 0.2) is 0 Å². The molecule has 0 radical (unpaired) electrons. The second kappa shape index (κ2) is 5.63. The van der Waals surface area contributed by atoms with Gasteiger partial charge in [-0.2, -0.15) is 0 Å². The fraction of sp³-hybridized carbons (Fsp3) is 0.429. The molecule has 1 aromatic carbocycles. The van der Waals surface area contributed by atoms with E-state index in [2.05, 4.69) is 10.3 Å². The van der Waals surface area contributed by atoms with E-state index in [0.29, 0.717) is 21.7 Å². The molecule has 7 heteroatoms. The summed E-state index contributed by atoms with van der Waals surface area (Å²) in [5.74, 6) is 0.566. The summed E-state index contributed by atoms with van der Waals surface area (Å²) in [4.78, 5) is 17.5. The molecule has 1 aromatic heterocycles. The minimum absolute atomic E-state index is 0.153. The van der Waals surface area contributed by atoms with Crippen molar-refractivity contribution in [3.8, 4) is 0 Å². The Balaban J connectivity index is 2.29. The van der Waals surface area contributed by atoms with Crippen molar-refractivity contribution in [1.29, 1.82) is 0 Å². The summed E-state index contributed by atoms with van der Waals surface area (Å²) in [5, 5.41) is 6.11. The predicted octanol–water partition coefficient (Wildman–Crippen LogP) is 0.611. The number of nitrogens with one attached hydrogen (secondary N) is 1. The predicted molar refractivity (Wildman–Crippen MR) is 84.4 cm³/mol. The van der Waals surface area contributed by atoms with E-state index in [0.717, 1.165) is 26.2 Å². The Morgan fingerprint density at radius 2 is 2.10 bits per heavy atom. The van der Waals surface area contributed by atoms with Gasteiger partial charge in [0.05, 0.1) is 22.0 Å². The molecule has 0 spiro atoms. The highest BCUT2D eigenvalue weighted by atomic mass is 35.5. The number of fused-ring (bicyclic) bond motifs is 1. The average Bonchev–Trinajstić information content (AvgIpc) is 2.47. The number of nitrogens with two attached hydrogens (primary N) is 1. The first-order valence-electron chi connectivity index (χ1n) is 7.02. The molecule has 0 amide bonds. The average molecular weight is 308 g/mol. The van der Waals surface area contributed by atoms with Gasteiger partial charge in [-0.3, -0.25) is 4.79 Å². The second-order valence-corrected chi connectivity index (χ2v) is 5.62. The van der Waals surface area contributed by atoms with E-state index < -0.39 is 0 Å². The van der Waals surface area contributed by atoms with Crippen molar-refractivity contribution in [2.75, 3.05) is 31.2 Å². The Morgan fingerprint density at radius 3 is 2.76 bits per heavy atom. The molecule has 3 N–H and O–H groups in total. The summed E-state index contributed by atoms with van der Waals surface area (Å²) in [7, 11) is 0. The summed E-state index contributed by atoms with van der Waals surface area (Å²) >= 11 is 6.19. The molecule has 1 unspecified atom stereocenters. The van der Waals surface area contributed by atoms with Crippen LogP contribution in [0.25, 0.3) is 10.9 Å². The molecule has 112 valence electrons. The van der Waals surface area contributed by atoms with Crippen LogP contribution in [0, 0.1) is 0 Å². The van der Waals surface area contributed by atoms with Crippen LogP contribution in [0.3, 0.4) is 0 Å². The fourth-order valence-electron chi connectivity index (χ4n) is 2.62. The molecule has 2 heterocycles. The Labute approximate surface area is 127 Å². The highest BCUT2D eigenvalue weighted by Crippen LogP contribution is 2.20. The van der Waals surface area contributed by atoms with Crippen LogP contribution in [0.1, 0.15) is 18.8 Å². The Morgan fingerprint density at radius 1 is 1.38 bits per heavy atom. The summed E-state index contributed by atoms with van der Waals surface area (Å²) in [6, 6.07) is 4.95. The topological polar surface area (TPSA) is 76.2 Å². The van der Waals surface area contributed by atoms with E-state index in [4.69, 9.17) is 17.3 Å². The van der Waals surface area contributed by atoms with Gasteiger partial charge in [0, 0.05) is 26.2 Å². The molecular formula is C14H18ClN5O. The molecule has 1 saturated heterocycles. The molecule has 6 nitrogen and oxygen atoms in total. The molecular weight excluding hydrogens is 290 g/mol. The maximum Gasteiger partial charge on any atom is 0.281 e. The third kappa shape index (κ3) is 2.50. The number of hydrogen-bond donors (Lipinski definition) is 2. The molecule has 1 aliphatic heterocycles. The zero-order valence-electron chi connectivity index (χ0n) is 11.8. The summed E-state index contributed by atoms with van der Waals surface area (Å²) in [6.07, 6.45) is 0. The van der Waals surface area contributed by atoms with Crippen LogP contribution < -0.4 is 21.6 Å². The number of aromatic nitrogens is 2. The van der Waals surface area contributed by atoms with Crippen molar-refractivity contribution in [2.45, 2.75) is 13.0 Å². The van der Waals surface area contributed by atoms with Crippen molar-refractivity contribution in [3.63, 3.8) is 0 Å². The van der Waals surface area contributed by atoms with Crippen molar-refractivity contribution in [2.24, 2.45) is 5.73 Å². The van der Waals surface area contributed by atoms with E-state index in [1.54, 1.807) is 22.9 Å². The lowest BCUT2D eigenvalue weighted by molar-refractivity contribution is 0.458. The van der Waals surface area contributed by atoms with Gasteiger partial charge < -0.3 is 16.1 Å². The number of piperazine rings is 1. The van der Waals surface area contributed by atoms with E-state index in [1.165, 1.54) is 0 Å². The second-order valence-electron chi connectivity index (χ2n) is 5.21. The van der Waals surface area contributed by atoms with E-state index in [1.807, 2.05) is 11.9 Å². The van der Waals surface area contributed by atoms with Gasteiger partial charge in [0.2, 0.25) is 0 Å². The molecule has 0 aliphatic carbocycles. The molecule has 0 saturated carbocycles. The van der Waals surface area contributed by atoms with Gasteiger partial charge >= 0.3 is 0 Å². The Hall–Kier alpha value is -1.63. The van der Waals surface area contributed by atoms with Crippen LogP contribution >= 0.6 is 11.6 Å². The highest BCUT2D eigenvalue weighted by Gasteiger charge is 2.21. The van der Waals surface area contributed by atoms with Gasteiger partial charge in [0.1, 0.15) is 5.82 Å². The summed E-state index contributed by atoms with van der Waals surface area (Å²) < 4.78 is 1.60. The number of hydrogen-bond acceptors (Lipinski definition) is 5. The van der Waals surface area contributed by atoms with Gasteiger partial charge in [-0.1, -0.05) is 17.7 Å². The van der Waals surface area contributed by atoms with Crippen LogP contribution in [0.5, 0.6) is 0 Å². The maximum absolute atomic E-state index is 12.9. The first-order valence-corrected chi connectivity index (χ1v) is 7.40. The van der Waals surface area contributed by atoms with Gasteiger partial charge in [-0.15, -0.1) is 0 Å². The molecule has 21 heavy (non-hydrogen) atoms. The third-order valence-electron chi connectivity index (χ3n) is 3.63. The van der Waals surface area contributed by atoms with E-state index >= 15 is 0 Å². The highest BCUT2D eigenvalue weighted by molar-refractivity contribution is 6.35. The van der Waals surface area contributed by atoms with Gasteiger partial charge in [-0.25, -0.2) is 9.66 Å². The van der Waals surface area contributed by atoms with Gasteiger partial charge in [-0.05, 0) is 19.1 Å². The number of benzene rings is 1. The monoisotopic (exact) mass is 307 g/mol. The minimum atomic E-state index is -0.337. The van der Waals surface area contributed by atoms with Crippen LogP contribution in [0.15, 0.2) is 23.0 Å². The summed E-state index contributed by atoms with van der Waals surface area (Å²) in [6.45, 7) is 4.95. The number of rotatable bonds is 2.